The maximum absolute atomic E-state index is 12.4. The summed E-state index contributed by atoms with van der Waals surface area (Å²) in [6.45, 7) is 11.2. The molecule has 0 aromatic rings. The van der Waals surface area contributed by atoms with Crippen LogP contribution in [0.1, 0.15) is 34.1 Å². The van der Waals surface area contributed by atoms with Gasteiger partial charge in [-0.2, -0.15) is 0 Å². The van der Waals surface area contributed by atoms with Gasteiger partial charge < -0.3 is 18.9 Å². The van der Waals surface area contributed by atoms with Crippen LogP contribution in [-0.2, 0) is 28.5 Å². The van der Waals surface area contributed by atoms with Crippen molar-refractivity contribution in [3.63, 3.8) is 0 Å². The highest BCUT2D eigenvalue weighted by molar-refractivity contribution is 5.91. The van der Waals surface area contributed by atoms with Gasteiger partial charge in [0.15, 0.2) is 0 Å². The molecule has 0 aromatic carbocycles. The molecule has 1 fully saturated rings. The Hall–Kier alpha value is -2.18. The van der Waals surface area contributed by atoms with E-state index in [0.29, 0.717) is 17.6 Å². The van der Waals surface area contributed by atoms with Crippen molar-refractivity contribution in [3.8, 4) is 0 Å². The Kier molecular flexibility index (Phi) is 5.14. The average Bonchev–Trinajstić information content (AvgIpc) is 3.11. The van der Waals surface area contributed by atoms with Gasteiger partial charge in [0, 0.05) is 24.7 Å². The number of ether oxygens (including phenoxy) is 4. The molecule has 0 aromatic heterocycles. The number of allylic oxidation sites excluding steroid dienone is 1. The zero-order valence-electron chi connectivity index (χ0n) is 16.4. The van der Waals surface area contributed by atoms with Crippen LogP contribution in [0.4, 0.5) is 0 Å². The number of hydrogen-bond acceptors (Lipinski definition) is 6. The second-order valence-corrected chi connectivity index (χ2v) is 7.38. The molecule has 3 rings (SSSR count). The molecule has 0 aliphatic carbocycles. The maximum atomic E-state index is 12.4. The molecule has 0 unspecified atom stereocenters. The highest BCUT2D eigenvalue weighted by Gasteiger charge is 2.54. The van der Waals surface area contributed by atoms with E-state index in [9.17, 15) is 9.59 Å². The first kappa shape index (κ1) is 19.6. The van der Waals surface area contributed by atoms with Crippen molar-refractivity contribution in [2.75, 3.05) is 7.11 Å². The normalized spacial score (nSPS) is 38.0. The molecule has 0 saturated carbocycles. The highest BCUT2D eigenvalue weighted by atomic mass is 16.7. The molecule has 0 spiro atoms. The van der Waals surface area contributed by atoms with E-state index in [1.807, 2.05) is 26.0 Å². The van der Waals surface area contributed by atoms with E-state index in [1.165, 1.54) is 0 Å². The van der Waals surface area contributed by atoms with E-state index in [-0.39, 0.29) is 0 Å². The molecule has 146 valence electrons. The zero-order valence-corrected chi connectivity index (χ0v) is 16.4. The molecule has 3 aliphatic heterocycles. The predicted molar refractivity (Wildman–Crippen MR) is 98.6 cm³/mol. The highest BCUT2D eigenvalue weighted by Crippen LogP contribution is 2.44. The van der Waals surface area contributed by atoms with E-state index in [2.05, 4.69) is 6.58 Å². The first-order valence-corrected chi connectivity index (χ1v) is 9.05. The molecular formula is C21H26O6. The molecule has 3 heterocycles. The van der Waals surface area contributed by atoms with E-state index >= 15 is 0 Å². The lowest BCUT2D eigenvalue weighted by molar-refractivity contribution is -0.189. The number of carbonyl (C=O) groups excluding carboxylic acids is 2. The third-order valence-corrected chi connectivity index (χ3v) is 5.45. The first-order chi connectivity index (χ1) is 12.7. The van der Waals surface area contributed by atoms with E-state index < -0.39 is 42.0 Å². The largest absolute Gasteiger partial charge is 0.458 e. The van der Waals surface area contributed by atoms with Gasteiger partial charge in [-0.25, -0.2) is 9.59 Å². The summed E-state index contributed by atoms with van der Waals surface area (Å²) in [4.78, 5) is 24.7. The molecule has 5 atom stereocenters. The Morgan fingerprint density at radius 2 is 2.07 bits per heavy atom. The maximum Gasteiger partial charge on any atom is 0.334 e. The smallest absolute Gasteiger partial charge is 0.334 e. The molecule has 27 heavy (non-hydrogen) atoms. The van der Waals surface area contributed by atoms with Gasteiger partial charge in [0.25, 0.3) is 0 Å². The summed E-state index contributed by atoms with van der Waals surface area (Å²) in [6.07, 6.45) is 4.19. The summed E-state index contributed by atoms with van der Waals surface area (Å²) < 4.78 is 23.2. The summed E-state index contributed by atoms with van der Waals surface area (Å²) in [5.74, 6) is -2.41. The lowest BCUT2D eigenvalue weighted by atomic mass is 9.83. The van der Waals surface area contributed by atoms with E-state index in [0.717, 1.165) is 11.1 Å². The SMILES string of the molecule is C=C1C(=O)O[C@H]2[C@H]1[C@@H](OC(=O)/C(C)=C/C)C/C(C)=C\[C@@]1(OC)C=C(C)[C@H]2O1. The number of hydrogen-bond donors (Lipinski definition) is 0. The number of esters is 2. The fourth-order valence-electron chi connectivity index (χ4n) is 3.90. The zero-order chi connectivity index (χ0) is 19.9. The van der Waals surface area contributed by atoms with E-state index in [1.54, 1.807) is 27.0 Å². The lowest BCUT2D eigenvalue weighted by Crippen LogP contribution is -2.41. The van der Waals surface area contributed by atoms with Crippen LogP contribution >= 0.6 is 0 Å². The van der Waals surface area contributed by atoms with Gasteiger partial charge in [0.2, 0.25) is 5.79 Å². The number of fused-ring (bicyclic) bond motifs is 4. The van der Waals surface area contributed by atoms with Crippen LogP contribution in [0.25, 0.3) is 0 Å². The van der Waals surface area contributed by atoms with Crippen molar-refractivity contribution >= 4 is 11.9 Å². The number of rotatable bonds is 3. The van der Waals surface area contributed by atoms with Crippen molar-refractivity contribution in [2.24, 2.45) is 5.92 Å². The summed E-state index contributed by atoms with van der Waals surface area (Å²) in [7, 11) is 1.57. The van der Waals surface area contributed by atoms with Crippen LogP contribution < -0.4 is 0 Å². The van der Waals surface area contributed by atoms with E-state index in [4.69, 9.17) is 18.9 Å². The minimum Gasteiger partial charge on any atom is -0.458 e. The first-order valence-electron chi connectivity index (χ1n) is 9.05. The van der Waals surface area contributed by atoms with Crippen LogP contribution in [0.2, 0.25) is 0 Å². The summed E-state index contributed by atoms with van der Waals surface area (Å²) in [6, 6.07) is 0. The molecule has 2 bridgehead atoms. The van der Waals surface area contributed by atoms with Crippen molar-refractivity contribution < 1.29 is 28.5 Å². The molecule has 0 amide bonds. The standard InChI is InChI=1S/C21H26O6/c1-7-12(3)19(22)25-15-8-11(2)9-21(24-6)10-13(4)17(27-21)18-16(15)14(5)20(23)26-18/h7,9-10,15-18H,5,8H2,1-4,6H3/b11-9-,12-7+/t15-,16+,17+,18-,21-/m0/s1. The third kappa shape index (κ3) is 3.39. The Morgan fingerprint density at radius 3 is 2.70 bits per heavy atom. The van der Waals surface area contributed by atoms with Crippen LogP contribution in [0, 0.1) is 5.92 Å². The molecule has 6 heteroatoms. The quantitative estimate of drug-likeness (QED) is 0.430. The van der Waals surface area contributed by atoms with Gasteiger partial charge in [-0.15, -0.1) is 0 Å². The minimum absolute atomic E-state index is 0.303. The van der Waals surface area contributed by atoms with Crippen molar-refractivity contribution in [2.45, 2.75) is 58.2 Å². The van der Waals surface area contributed by atoms with Gasteiger partial charge in [-0.1, -0.05) is 18.2 Å². The third-order valence-electron chi connectivity index (χ3n) is 5.45. The summed E-state index contributed by atoms with van der Waals surface area (Å²) in [5.41, 5.74) is 2.63. The molecule has 6 nitrogen and oxygen atoms in total. The van der Waals surface area contributed by atoms with Gasteiger partial charge >= 0.3 is 11.9 Å². The molecule has 0 N–H and O–H groups in total. The Labute approximate surface area is 159 Å². The van der Waals surface area contributed by atoms with Crippen LogP contribution in [0.15, 0.2) is 47.1 Å². The molecule has 1 saturated heterocycles. The van der Waals surface area contributed by atoms with Crippen LogP contribution in [0.3, 0.4) is 0 Å². The van der Waals surface area contributed by atoms with Crippen molar-refractivity contribution in [3.05, 3.63) is 47.1 Å². The Morgan fingerprint density at radius 1 is 1.37 bits per heavy atom. The summed E-state index contributed by atoms with van der Waals surface area (Å²) in [5, 5.41) is 0. The van der Waals surface area contributed by atoms with Gasteiger partial charge in [-0.05, 0) is 45.4 Å². The average molecular weight is 374 g/mol. The van der Waals surface area contributed by atoms with Crippen LogP contribution in [0.5, 0.6) is 0 Å². The second kappa shape index (κ2) is 7.09. The monoisotopic (exact) mass is 374 g/mol. The van der Waals surface area contributed by atoms with Gasteiger partial charge in [0.1, 0.15) is 18.3 Å². The lowest BCUT2D eigenvalue weighted by Gasteiger charge is -2.30. The predicted octanol–water partition coefficient (Wildman–Crippen LogP) is 3.00. The second-order valence-electron chi connectivity index (χ2n) is 7.38. The number of carbonyl (C=O) groups is 2. The minimum atomic E-state index is -1.02. The van der Waals surface area contributed by atoms with Gasteiger partial charge in [-0.3, -0.25) is 0 Å². The topological polar surface area (TPSA) is 71.1 Å². The van der Waals surface area contributed by atoms with Gasteiger partial charge in [0.05, 0.1) is 5.92 Å². The fourth-order valence-corrected chi connectivity index (χ4v) is 3.90. The Balaban J connectivity index is 2.05. The molecule has 3 aliphatic rings. The summed E-state index contributed by atoms with van der Waals surface area (Å²) >= 11 is 0. The fraction of sp³-hybridized carbons (Fsp3) is 0.524. The van der Waals surface area contributed by atoms with Crippen molar-refractivity contribution in [1.29, 1.82) is 0 Å². The molecular weight excluding hydrogens is 348 g/mol. The number of methoxy groups -OCH3 is 1. The van der Waals surface area contributed by atoms with Crippen LogP contribution in [-0.4, -0.2) is 43.1 Å². The molecule has 0 radical (unpaired) electrons. The van der Waals surface area contributed by atoms with Crippen molar-refractivity contribution in [1.82, 2.24) is 0 Å². The Bertz CT molecular complexity index is 774.